The smallest absolute Gasteiger partial charge is 0.295 e. The van der Waals surface area contributed by atoms with Crippen LogP contribution in [-0.4, -0.2) is 25.9 Å². The van der Waals surface area contributed by atoms with Gasteiger partial charge in [0.05, 0.1) is 0 Å². The third-order valence-electron chi connectivity index (χ3n) is 3.61. The van der Waals surface area contributed by atoms with Gasteiger partial charge in [-0.05, 0) is 47.9 Å². The van der Waals surface area contributed by atoms with E-state index in [0.29, 0.717) is 16.9 Å². The second kappa shape index (κ2) is 7.50. The standard InChI is InChI=1S/C18H20N2O4S/c1-12-10-17(20-13(2)21)9-6-14(12)4-5-15-7-8-16(19-3)11-18(15)25(22,23)24/h4-11,19H,1-3H3,(H,20,21)(H,22,23,24)/b5-4+. The Morgan fingerprint density at radius 2 is 1.64 bits per heavy atom. The van der Waals surface area contributed by atoms with Crippen LogP contribution in [0.4, 0.5) is 11.4 Å². The second-order valence-corrected chi connectivity index (χ2v) is 6.95. The molecule has 6 nitrogen and oxygen atoms in total. The molecule has 2 rings (SSSR count). The molecule has 0 atom stereocenters. The summed E-state index contributed by atoms with van der Waals surface area (Å²) >= 11 is 0. The minimum atomic E-state index is -4.34. The van der Waals surface area contributed by atoms with Crippen LogP contribution >= 0.6 is 0 Å². The van der Waals surface area contributed by atoms with Gasteiger partial charge in [0, 0.05) is 25.3 Å². The average Bonchev–Trinajstić information content (AvgIpc) is 2.52. The Morgan fingerprint density at radius 3 is 2.20 bits per heavy atom. The van der Waals surface area contributed by atoms with Gasteiger partial charge in [-0.1, -0.05) is 24.3 Å². The van der Waals surface area contributed by atoms with Gasteiger partial charge in [0.15, 0.2) is 0 Å². The lowest BCUT2D eigenvalue weighted by atomic mass is 10.1. The van der Waals surface area contributed by atoms with Gasteiger partial charge < -0.3 is 10.6 Å². The molecular weight excluding hydrogens is 340 g/mol. The summed E-state index contributed by atoms with van der Waals surface area (Å²) in [5, 5.41) is 5.54. The van der Waals surface area contributed by atoms with Gasteiger partial charge in [-0.25, -0.2) is 0 Å². The average molecular weight is 360 g/mol. The Morgan fingerprint density at radius 1 is 1.04 bits per heavy atom. The van der Waals surface area contributed by atoms with Crippen molar-refractivity contribution in [3.63, 3.8) is 0 Å². The number of benzene rings is 2. The van der Waals surface area contributed by atoms with Crippen LogP contribution in [0.5, 0.6) is 0 Å². The van der Waals surface area contributed by atoms with Gasteiger partial charge >= 0.3 is 0 Å². The first-order chi connectivity index (χ1) is 11.7. The molecule has 3 N–H and O–H groups in total. The fourth-order valence-electron chi connectivity index (χ4n) is 2.37. The molecule has 0 spiro atoms. The van der Waals surface area contributed by atoms with Crippen LogP contribution in [0.15, 0.2) is 41.3 Å². The maximum absolute atomic E-state index is 11.6. The molecule has 0 unspecified atom stereocenters. The predicted molar refractivity (Wildman–Crippen MR) is 100 cm³/mol. The van der Waals surface area contributed by atoms with Gasteiger partial charge in [0.2, 0.25) is 5.91 Å². The predicted octanol–water partition coefficient (Wildman–Crippen LogP) is 3.41. The molecule has 1 amide bonds. The van der Waals surface area contributed by atoms with Crippen molar-refractivity contribution in [2.24, 2.45) is 0 Å². The van der Waals surface area contributed by atoms with Crippen molar-refractivity contribution < 1.29 is 17.8 Å². The molecule has 2 aromatic carbocycles. The van der Waals surface area contributed by atoms with E-state index in [2.05, 4.69) is 10.6 Å². The first-order valence-corrected chi connectivity index (χ1v) is 9.00. The van der Waals surface area contributed by atoms with E-state index in [1.165, 1.54) is 13.0 Å². The molecule has 0 heterocycles. The Kier molecular flexibility index (Phi) is 5.61. The van der Waals surface area contributed by atoms with Crippen LogP contribution in [0.2, 0.25) is 0 Å². The highest BCUT2D eigenvalue weighted by Gasteiger charge is 2.14. The summed E-state index contributed by atoms with van der Waals surface area (Å²) in [6.45, 7) is 3.33. The molecule has 0 aliphatic rings. The van der Waals surface area contributed by atoms with Crippen molar-refractivity contribution in [3.05, 3.63) is 53.1 Å². The topological polar surface area (TPSA) is 95.5 Å². The fraction of sp³-hybridized carbons (Fsp3) is 0.167. The van der Waals surface area contributed by atoms with E-state index in [1.807, 2.05) is 19.1 Å². The van der Waals surface area contributed by atoms with E-state index in [1.54, 1.807) is 37.4 Å². The highest BCUT2D eigenvalue weighted by molar-refractivity contribution is 7.86. The molecule has 2 aromatic rings. The van der Waals surface area contributed by atoms with Gasteiger partial charge in [0.1, 0.15) is 4.90 Å². The van der Waals surface area contributed by atoms with Crippen LogP contribution in [0.25, 0.3) is 12.2 Å². The molecule has 0 aromatic heterocycles. The van der Waals surface area contributed by atoms with Crippen molar-refractivity contribution in [1.29, 1.82) is 0 Å². The van der Waals surface area contributed by atoms with Crippen molar-refractivity contribution in [1.82, 2.24) is 0 Å². The maximum atomic E-state index is 11.6. The number of carbonyl (C=O) groups excluding carboxylic acids is 1. The van der Waals surface area contributed by atoms with Crippen molar-refractivity contribution in [2.75, 3.05) is 17.7 Å². The fourth-order valence-corrected chi connectivity index (χ4v) is 3.08. The Bertz CT molecular complexity index is 934. The minimum Gasteiger partial charge on any atom is -0.388 e. The maximum Gasteiger partial charge on any atom is 0.295 e. The summed E-state index contributed by atoms with van der Waals surface area (Å²) in [5.74, 6) is -0.148. The van der Waals surface area contributed by atoms with E-state index in [0.717, 1.165) is 11.1 Å². The summed E-state index contributed by atoms with van der Waals surface area (Å²) < 4.78 is 32.6. The zero-order valence-electron chi connectivity index (χ0n) is 14.2. The van der Waals surface area contributed by atoms with Crippen LogP contribution < -0.4 is 10.6 Å². The van der Waals surface area contributed by atoms with Crippen molar-refractivity contribution in [2.45, 2.75) is 18.7 Å². The van der Waals surface area contributed by atoms with Gasteiger partial charge in [-0.2, -0.15) is 8.42 Å². The van der Waals surface area contributed by atoms with E-state index in [9.17, 15) is 17.8 Å². The summed E-state index contributed by atoms with van der Waals surface area (Å²) in [7, 11) is -2.67. The van der Waals surface area contributed by atoms with Gasteiger partial charge in [-0.15, -0.1) is 0 Å². The molecule has 7 heteroatoms. The number of nitrogens with one attached hydrogen (secondary N) is 2. The highest BCUT2D eigenvalue weighted by Crippen LogP contribution is 2.24. The van der Waals surface area contributed by atoms with E-state index in [4.69, 9.17) is 0 Å². The zero-order valence-corrected chi connectivity index (χ0v) is 15.0. The van der Waals surface area contributed by atoms with E-state index in [-0.39, 0.29) is 10.8 Å². The summed E-state index contributed by atoms with van der Waals surface area (Å²) in [6.07, 6.45) is 3.39. The quantitative estimate of drug-likeness (QED) is 0.561. The Labute approximate surface area is 147 Å². The van der Waals surface area contributed by atoms with Crippen LogP contribution in [0, 0.1) is 6.92 Å². The molecular formula is C18H20N2O4S. The summed E-state index contributed by atoms with van der Waals surface area (Å²) in [5.41, 5.74) is 3.45. The molecule has 0 fully saturated rings. The summed E-state index contributed by atoms with van der Waals surface area (Å²) in [6, 6.07) is 10.1. The van der Waals surface area contributed by atoms with Crippen LogP contribution in [0.1, 0.15) is 23.6 Å². The minimum absolute atomic E-state index is 0.148. The lowest BCUT2D eigenvalue weighted by Gasteiger charge is -2.08. The molecule has 0 saturated heterocycles. The molecule has 25 heavy (non-hydrogen) atoms. The monoisotopic (exact) mass is 360 g/mol. The Hall–Kier alpha value is -2.64. The summed E-state index contributed by atoms with van der Waals surface area (Å²) in [4.78, 5) is 10.9. The number of rotatable bonds is 5. The lowest BCUT2D eigenvalue weighted by Crippen LogP contribution is -2.05. The molecule has 0 radical (unpaired) electrons. The Balaban J connectivity index is 2.38. The first-order valence-electron chi connectivity index (χ1n) is 7.56. The normalized spacial score (nSPS) is 11.5. The van der Waals surface area contributed by atoms with Gasteiger partial charge in [0.25, 0.3) is 10.1 Å². The molecule has 132 valence electrons. The molecule has 0 saturated carbocycles. The highest BCUT2D eigenvalue weighted by atomic mass is 32.2. The molecule has 0 aliphatic heterocycles. The molecule has 0 aliphatic carbocycles. The third-order valence-corrected chi connectivity index (χ3v) is 4.52. The van der Waals surface area contributed by atoms with E-state index < -0.39 is 10.1 Å². The SMILES string of the molecule is CNc1ccc(/C=C/c2ccc(NC(C)=O)cc2C)c(S(=O)(=O)O)c1. The molecule has 0 bridgehead atoms. The number of anilines is 2. The number of hydrogen-bond acceptors (Lipinski definition) is 4. The van der Waals surface area contributed by atoms with Gasteiger partial charge in [-0.3, -0.25) is 9.35 Å². The first kappa shape index (κ1) is 18.7. The number of hydrogen-bond donors (Lipinski definition) is 3. The number of aryl methyl sites for hydroxylation is 1. The lowest BCUT2D eigenvalue weighted by molar-refractivity contribution is -0.114. The number of carbonyl (C=O) groups is 1. The largest absolute Gasteiger partial charge is 0.388 e. The number of amides is 1. The van der Waals surface area contributed by atoms with Crippen molar-refractivity contribution >= 4 is 39.6 Å². The van der Waals surface area contributed by atoms with E-state index >= 15 is 0 Å². The zero-order chi connectivity index (χ0) is 18.6. The second-order valence-electron chi connectivity index (χ2n) is 5.56. The van der Waals surface area contributed by atoms with Crippen molar-refractivity contribution in [3.8, 4) is 0 Å². The van der Waals surface area contributed by atoms with Crippen LogP contribution in [-0.2, 0) is 14.9 Å². The van der Waals surface area contributed by atoms with Crippen LogP contribution in [0.3, 0.4) is 0 Å². The third kappa shape index (κ3) is 4.91.